The predicted octanol–water partition coefficient (Wildman–Crippen LogP) is 2.69. The summed E-state index contributed by atoms with van der Waals surface area (Å²) in [5.41, 5.74) is 3.24. The molecular formula is C20H18N4O2. The maximum absolute atomic E-state index is 11.7. The van der Waals surface area contributed by atoms with Crippen LogP contribution in [0.3, 0.4) is 0 Å². The zero-order valence-corrected chi connectivity index (χ0v) is 14.1. The van der Waals surface area contributed by atoms with Gasteiger partial charge >= 0.3 is 0 Å². The molecule has 1 saturated heterocycles. The van der Waals surface area contributed by atoms with Gasteiger partial charge in [-0.15, -0.1) is 10.2 Å². The Morgan fingerprint density at radius 1 is 1.23 bits per heavy atom. The van der Waals surface area contributed by atoms with E-state index >= 15 is 0 Å². The van der Waals surface area contributed by atoms with E-state index in [1.165, 1.54) is 6.08 Å². The van der Waals surface area contributed by atoms with Crippen molar-refractivity contribution in [2.75, 3.05) is 13.1 Å². The van der Waals surface area contributed by atoms with Gasteiger partial charge in [-0.25, -0.2) is 0 Å². The molecule has 6 heteroatoms. The fourth-order valence-corrected chi connectivity index (χ4v) is 4.25. The minimum Gasteiger partial charge on any atom is -0.507 e. The number of phenols is 1. The number of aromatic amines is 1. The Kier molecular flexibility index (Phi) is 3.16. The van der Waals surface area contributed by atoms with Crippen LogP contribution in [-0.2, 0) is 4.79 Å². The Hall–Kier alpha value is -3.15. The molecule has 26 heavy (non-hydrogen) atoms. The first kappa shape index (κ1) is 15.1. The number of nitrogens with zero attached hydrogens (tertiary/aromatic N) is 3. The van der Waals surface area contributed by atoms with Gasteiger partial charge in [0.25, 0.3) is 0 Å². The molecule has 0 spiro atoms. The highest BCUT2D eigenvalue weighted by molar-refractivity contribution is 5.87. The summed E-state index contributed by atoms with van der Waals surface area (Å²) in [6.07, 6.45) is 1.39. The summed E-state index contributed by atoms with van der Waals surface area (Å²) in [4.78, 5) is 17.0. The number of hydrogen-bond acceptors (Lipinski definition) is 4. The molecule has 0 radical (unpaired) electrons. The molecule has 6 nitrogen and oxygen atoms in total. The summed E-state index contributed by atoms with van der Waals surface area (Å²) in [5, 5.41) is 19.5. The van der Waals surface area contributed by atoms with Crippen molar-refractivity contribution in [2.24, 2.45) is 11.8 Å². The highest BCUT2D eigenvalue weighted by Crippen LogP contribution is 2.58. The molecule has 3 heterocycles. The van der Waals surface area contributed by atoms with Crippen molar-refractivity contribution in [3.05, 3.63) is 54.7 Å². The molecule has 2 N–H and O–H groups in total. The fourth-order valence-electron chi connectivity index (χ4n) is 4.25. The average Bonchev–Trinajstić information content (AvgIpc) is 3.00. The van der Waals surface area contributed by atoms with Gasteiger partial charge < -0.3 is 15.0 Å². The van der Waals surface area contributed by atoms with Crippen LogP contribution >= 0.6 is 0 Å². The second-order valence-electron chi connectivity index (χ2n) is 7.08. The normalized spacial score (nSPS) is 23.8. The van der Waals surface area contributed by atoms with Gasteiger partial charge in [0.2, 0.25) is 5.91 Å². The number of aromatic nitrogens is 3. The van der Waals surface area contributed by atoms with Gasteiger partial charge in [-0.3, -0.25) is 4.79 Å². The van der Waals surface area contributed by atoms with E-state index in [1.54, 1.807) is 12.1 Å². The van der Waals surface area contributed by atoms with E-state index in [0.29, 0.717) is 29.0 Å². The maximum Gasteiger partial charge on any atom is 0.245 e. The van der Waals surface area contributed by atoms with Crippen molar-refractivity contribution in [3.8, 4) is 17.0 Å². The molecule has 1 aromatic carbocycles. The topological polar surface area (TPSA) is 82.1 Å². The minimum absolute atomic E-state index is 0.0192. The number of carbonyl (C=O) groups excluding carboxylic acids is 1. The molecular weight excluding hydrogens is 328 g/mol. The largest absolute Gasteiger partial charge is 0.507 e. The SMILES string of the molecule is C=CC(=O)N1CC2C(C1)C2c1cc2cc(-c3ccccc3O)nnc2[nH]1. The predicted molar refractivity (Wildman–Crippen MR) is 97.5 cm³/mol. The number of hydrogen-bond donors (Lipinski definition) is 2. The van der Waals surface area contributed by atoms with Gasteiger partial charge in [-0.05, 0) is 42.2 Å². The van der Waals surface area contributed by atoms with Crippen LogP contribution in [0.1, 0.15) is 11.6 Å². The first-order valence-corrected chi connectivity index (χ1v) is 8.72. The Labute approximate surface area is 150 Å². The highest BCUT2D eigenvalue weighted by Gasteiger charge is 2.57. The molecule has 1 aliphatic carbocycles. The number of phenolic OH excluding ortho intramolecular Hbond substituents is 1. The van der Waals surface area contributed by atoms with E-state index in [4.69, 9.17) is 0 Å². The molecule has 0 bridgehead atoms. The molecule has 2 unspecified atom stereocenters. The summed E-state index contributed by atoms with van der Waals surface area (Å²) in [7, 11) is 0. The highest BCUT2D eigenvalue weighted by atomic mass is 16.3. The number of rotatable bonds is 3. The van der Waals surface area contributed by atoms with E-state index in [0.717, 1.165) is 29.8 Å². The molecule has 2 aliphatic rings. The number of piperidine rings is 1. The van der Waals surface area contributed by atoms with E-state index in [-0.39, 0.29) is 11.7 Å². The molecule has 2 fully saturated rings. The van der Waals surface area contributed by atoms with Gasteiger partial charge in [-0.2, -0.15) is 0 Å². The number of benzene rings is 1. The van der Waals surface area contributed by atoms with Gasteiger partial charge in [0.1, 0.15) is 5.75 Å². The van der Waals surface area contributed by atoms with Crippen LogP contribution in [0.25, 0.3) is 22.3 Å². The Morgan fingerprint density at radius 2 is 2.00 bits per heavy atom. The zero-order valence-electron chi connectivity index (χ0n) is 14.1. The molecule has 130 valence electrons. The third-order valence-corrected chi connectivity index (χ3v) is 5.62. The van der Waals surface area contributed by atoms with Crippen LogP contribution in [0.2, 0.25) is 0 Å². The second kappa shape index (κ2) is 5.42. The Balaban J connectivity index is 1.41. The third kappa shape index (κ3) is 2.22. The van der Waals surface area contributed by atoms with Crippen molar-refractivity contribution in [1.82, 2.24) is 20.1 Å². The number of carbonyl (C=O) groups is 1. The summed E-state index contributed by atoms with van der Waals surface area (Å²) < 4.78 is 0. The van der Waals surface area contributed by atoms with E-state index < -0.39 is 0 Å². The number of H-pyrrole nitrogens is 1. The van der Waals surface area contributed by atoms with Crippen LogP contribution < -0.4 is 0 Å². The quantitative estimate of drug-likeness (QED) is 0.715. The van der Waals surface area contributed by atoms with Gasteiger partial charge in [-0.1, -0.05) is 18.7 Å². The van der Waals surface area contributed by atoms with Crippen molar-refractivity contribution in [1.29, 1.82) is 0 Å². The smallest absolute Gasteiger partial charge is 0.245 e. The van der Waals surface area contributed by atoms with Crippen LogP contribution in [0.5, 0.6) is 5.75 Å². The molecule has 2 aromatic heterocycles. The minimum atomic E-state index is 0.0192. The lowest BCUT2D eigenvalue weighted by Gasteiger charge is -2.17. The Bertz CT molecular complexity index is 1030. The van der Waals surface area contributed by atoms with Crippen LogP contribution in [0, 0.1) is 11.8 Å². The molecule has 2 atom stereocenters. The average molecular weight is 346 g/mol. The fraction of sp³-hybridized carbons (Fsp3) is 0.250. The summed E-state index contributed by atoms with van der Waals surface area (Å²) in [6.45, 7) is 5.15. The lowest BCUT2D eigenvalue weighted by molar-refractivity contribution is -0.125. The Morgan fingerprint density at radius 3 is 2.73 bits per heavy atom. The number of para-hydroxylation sites is 1. The van der Waals surface area contributed by atoms with Gasteiger partial charge in [0.05, 0.1) is 5.69 Å². The lowest BCUT2D eigenvalue weighted by Crippen LogP contribution is -2.29. The summed E-state index contributed by atoms with van der Waals surface area (Å²) in [6, 6.07) is 11.2. The lowest BCUT2D eigenvalue weighted by atomic mass is 10.1. The number of nitrogens with one attached hydrogen (secondary N) is 1. The zero-order chi connectivity index (χ0) is 17.8. The number of amides is 1. The molecule has 1 saturated carbocycles. The second-order valence-corrected chi connectivity index (χ2v) is 7.08. The molecule has 5 rings (SSSR count). The van der Waals surface area contributed by atoms with Crippen molar-refractivity contribution in [2.45, 2.75) is 5.92 Å². The van der Waals surface area contributed by atoms with E-state index in [1.807, 2.05) is 23.1 Å². The van der Waals surface area contributed by atoms with Gasteiger partial charge in [0.15, 0.2) is 5.65 Å². The maximum atomic E-state index is 11.7. The van der Waals surface area contributed by atoms with E-state index in [9.17, 15) is 9.90 Å². The first-order valence-electron chi connectivity index (χ1n) is 8.72. The summed E-state index contributed by atoms with van der Waals surface area (Å²) >= 11 is 0. The van der Waals surface area contributed by atoms with Gasteiger partial charge in [0, 0.05) is 35.7 Å². The monoisotopic (exact) mass is 346 g/mol. The first-order chi connectivity index (χ1) is 12.7. The molecule has 1 aliphatic heterocycles. The van der Waals surface area contributed by atoms with Crippen LogP contribution in [-0.4, -0.2) is 44.2 Å². The molecule has 1 amide bonds. The number of aromatic hydroxyl groups is 1. The molecule has 3 aromatic rings. The summed E-state index contributed by atoms with van der Waals surface area (Å²) in [5.74, 6) is 1.69. The van der Waals surface area contributed by atoms with Crippen molar-refractivity contribution < 1.29 is 9.90 Å². The standard InChI is InChI=1S/C20H18N4O2/c1-2-18(26)24-9-13-14(10-24)19(13)16-8-11-7-15(22-23-20(11)21-16)12-5-3-4-6-17(12)25/h2-8,13-14,19,25H,1,9-10H2,(H,21,23). The number of likely N-dealkylation sites (tertiary alicyclic amines) is 1. The van der Waals surface area contributed by atoms with Crippen molar-refractivity contribution >= 4 is 16.9 Å². The van der Waals surface area contributed by atoms with Crippen LogP contribution in [0.4, 0.5) is 0 Å². The van der Waals surface area contributed by atoms with Crippen LogP contribution in [0.15, 0.2) is 49.1 Å². The number of fused-ring (bicyclic) bond motifs is 2. The van der Waals surface area contributed by atoms with Crippen molar-refractivity contribution in [3.63, 3.8) is 0 Å². The third-order valence-electron chi connectivity index (χ3n) is 5.62. The van der Waals surface area contributed by atoms with E-state index in [2.05, 4.69) is 27.8 Å².